The van der Waals surface area contributed by atoms with E-state index in [1.165, 1.54) is 24.8 Å². The molecule has 0 bridgehead atoms. The van der Waals surface area contributed by atoms with Gasteiger partial charge >= 0.3 is 0 Å². The van der Waals surface area contributed by atoms with Gasteiger partial charge in [-0.3, -0.25) is 15.6 Å². The van der Waals surface area contributed by atoms with E-state index >= 15 is 0 Å². The predicted octanol–water partition coefficient (Wildman–Crippen LogP) is 3.59. The highest BCUT2D eigenvalue weighted by Crippen LogP contribution is 2.18. The van der Waals surface area contributed by atoms with Gasteiger partial charge in [0.2, 0.25) is 0 Å². The molecule has 0 aromatic heterocycles. The lowest BCUT2D eigenvalue weighted by Gasteiger charge is -2.13. The summed E-state index contributed by atoms with van der Waals surface area (Å²) in [5.41, 5.74) is 7.16. The molecule has 0 spiro atoms. The number of methoxy groups -OCH3 is 1. The normalized spacial score (nSPS) is 10.3. The van der Waals surface area contributed by atoms with Gasteiger partial charge in [-0.1, -0.05) is 26.0 Å². The maximum atomic E-state index is 13.6. The topological polar surface area (TPSA) is 62.4 Å². The van der Waals surface area contributed by atoms with Gasteiger partial charge in [0.25, 0.3) is 5.91 Å². The predicted molar refractivity (Wildman–Crippen MR) is 100 cm³/mol. The Bertz CT molecular complexity index is 763. The number of halogens is 1. The number of ether oxygens (including phenoxy) is 1. The molecule has 1 amide bonds. The second-order valence-electron chi connectivity index (χ2n) is 5.66. The summed E-state index contributed by atoms with van der Waals surface area (Å²) in [7, 11) is 1.36. The van der Waals surface area contributed by atoms with Crippen molar-refractivity contribution in [2.75, 3.05) is 12.4 Å². The zero-order valence-electron chi connectivity index (χ0n) is 14.2. The molecule has 2 aromatic carbocycles. The van der Waals surface area contributed by atoms with Crippen molar-refractivity contribution in [2.24, 2.45) is 0 Å². The van der Waals surface area contributed by atoms with Crippen molar-refractivity contribution in [1.82, 2.24) is 10.9 Å². The molecule has 0 fully saturated rings. The number of rotatable bonds is 4. The average Bonchev–Trinajstić information content (AvgIpc) is 2.60. The van der Waals surface area contributed by atoms with Gasteiger partial charge in [0.1, 0.15) is 0 Å². The molecule has 0 atom stereocenters. The number of carbonyl (C=O) groups is 1. The van der Waals surface area contributed by atoms with E-state index in [0.29, 0.717) is 5.92 Å². The van der Waals surface area contributed by atoms with Crippen LogP contribution in [-0.4, -0.2) is 18.1 Å². The van der Waals surface area contributed by atoms with E-state index in [2.05, 4.69) is 30.0 Å². The number of carbonyl (C=O) groups excluding carboxylic acids is 1. The Balaban J connectivity index is 1.88. The number of hydrogen-bond donors (Lipinski definition) is 3. The van der Waals surface area contributed by atoms with Crippen LogP contribution in [0.3, 0.4) is 0 Å². The van der Waals surface area contributed by atoms with E-state index in [1.807, 2.05) is 24.3 Å². The summed E-state index contributed by atoms with van der Waals surface area (Å²) >= 11 is 5.12. The van der Waals surface area contributed by atoms with Gasteiger partial charge in [0.05, 0.1) is 7.11 Å². The van der Waals surface area contributed by atoms with Gasteiger partial charge in [-0.25, -0.2) is 4.39 Å². The molecule has 2 aromatic rings. The lowest BCUT2D eigenvalue weighted by atomic mass is 10.0. The van der Waals surface area contributed by atoms with Crippen molar-refractivity contribution < 1.29 is 13.9 Å². The molecule has 25 heavy (non-hydrogen) atoms. The fraction of sp³-hybridized carbons (Fsp3) is 0.222. The highest BCUT2D eigenvalue weighted by molar-refractivity contribution is 7.80. The van der Waals surface area contributed by atoms with E-state index < -0.39 is 11.7 Å². The van der Waals surface area contributed by atoms with Gasteiger partial charge in [0.15, 0.2) is 16.7 Å². The molecule has 0 radical (unpaired) electrons. The summed E-state index contributed by atoms with van der Waals surface area (Å²) in [5.74, 6) is -0.600. The number of amides is 1. The van der Waals surface area contributed by atoms with Crippen LogP contribution in [-0.2, 0) is 0 Å². The van der Waals surface area contributed by atoms with E-state index in [4.69, 9.17) is 17.0 Å². The van der Waals surface area contributed by atoms with E-state index in [0.717, 1.165) is 11.8 Å². The third-order valence-corrected chi connectivity index (χ3v) is 3.74. The summed E-state index contributed by atoms with van der Waals surface area (Å²) in [5, 5.41) is 3.18. The minimum Gasteiger partial charge on any atom is -0.494 e. The largest absolute Gasteiger partial charge is 0.494 e. The van der Waals surface area contributed by atoms with E-state index in [-0.39, 0.29) is 16.4 Å². The Morgan fingerprint density at radius 3 is 2.36 bits per heavy atom. The van der Waals surface area contributed by atoms with Crippen molar-refractivity contribution in [3.05, 3.63) is 59.4 Å². The first-order valence-corrected chi connectivity index (χ1v) is 8.12. The number of anilines is 1. The van der Waals surface area contributed by atoms with E-state index in [9.17, 15) is 9.18 Å². The summed E-state index contributed by atoms with van der Waals surface area (Å²) < 4.78 is 18.4. The first-order valence-electron chi connectivity index (χ1n) is 7.71. The van der Waals surface area contributed by atoms with Crippen LogP contribution in [0.25, 0.3) is 0 Å². The van der Waals surface area contributed by atoms with Crippen LogP contribution in [0.2, 0.25) is 0 Å². The lowest BCUT2D eigenvalue weighted by Crippen LogP contribution is -2.43. The molecule has 0 aliphatic carbocycles. The van der Waals surface area contributed by atoms with E-state index in [1.54, 1.807) is 0 Å². The Morgan fingerprint density at radius 1 is 1.12 bits per heavy atom. The number of nitrogens with one attached hydrogen (secondary N) is 3. The van der Waals surface area contributed by atoms with Crippen molar-refractivity contribution in [3.63, 3.8) is 0 Å². The maximum absolute atomic E-state index is 13.6. The van der Waals surface area contributed by atoms with Gasteiger partial charge in [-0.05, 0) is 54.0 Å². The van der Waals surface area contributed by atoms with Crippen LogP contribution < -0.4 is 20.9 Å². The van der Waals surface area contributed by atoms with Crippen LogP contribution in [0.4, 0.5) is 10.1 Å². The molecule has 132 valence electrons. The molecule has 0 saturated carbocycles. The van der Waals surface area contributed by atoms with Crippen LogP contribution in [0, 0.1) is 5.82 Å². The molecule has 0 saturated heterocycles. The van der Waals surface area contributed by atoms with Crippen molar-refractivity contribution in [2.45, 2.75) is 19.8 Å². The smallest absolute Gasteiger partial charge is 0.269 e. The SMILES string of the molecule is COc1ccc(C(=O)NNC(=S)Nc2ccc(C(C)C)cc2)cc1F. The van der Waals surface area contributed by atoms with Crippen LogP contribution in [0.5, 0.6) is 5.75 Å². The quantitative estimate of drug-likeness (QED) is 0.574. The zero-order valence-corrected chi connectivity index (χ0v) is 15.0. The zero-order chi connectivity index (χ0) is 18.4. The van der Waals surface area contributed by atoms with Gasteiger partial charge in [-0.2, -0.15) is 0 Å². The van der Waals surface area contributed by atoms with Gasteiger partial charge < -0.3 is 10.1 Å². The highest BCUT2D eigenvalue weighted by atomic mass is 32.1. The minimum atomic E-state index is -0.610. The Morgan fingerprint density at radius 2 is 1.80 bits per heavy atom. The third-order valence-electron chi connectivity index (χ3n) is 3.54. The van der Waals surface area contributed by atoms with Crippen molar-refractivity contribution >= 4 is 28.9 Å². The van der Waals surface area contributed by atoms with Crippen LogP contribution in [0.1, 0.15) is 35.7 Å². The fourth-order valence-corrected chi connectivity index (χ4v) is 2.28. The van der Waals surface area contributed by atoms with Crippen molar-refractivity contribution in [3.8, 4) is 5.75 Å². The number of hydrogen-bond acceptors (Lipinski definition) is 3. The minimum absolute atomic E-state index is 0.0755. The number of benzene rings is 2. The Hall–Kier alpha value is -2.67. The van der Waals surface area contributed by atoms with Gasteiger partial charge in [-0.15, -0.1) is 0 Å². The molecule has 0 aliphatic rings. The molecule has 5 nitrogen and oxygen atoms in total. The molecule has 0 unspecified atom stereocenters. The lowest BCUT2D eigenvalue weighted by molar-refractivity contribution is 0.0943. The molecule has 0 heterocycles. The second-order valence-corrected chi connectivity index (χ2v) is 6.07. The third kappa shape index (κ3) is 5.15. The molecule has 7 heteroatoms. The maximum Gasteiger partial charge on any atom is 0.269 e. The molecular weight excluding hydrogens is 341 g/mol. The number of thiocarbonyl (C=S) groups is 1. The van der Waals surface area contributed by atoms with Gasteiger partial charge in [0, 0.05) is 11.3 Å². The number of hydrazine groups is 1. The summed E-state index contributed by atoms with van der Waals surface area (Å²) in [6.07, 6.45) is 0. The Kier molecular flexibility index (Phi) is 6.30. The summed E-state index contributed by atoms with van der Waals surface area (Å²) in [4.78, 5) is 12.0. The molecule has 0 aliphatic heterocycles. The monoisotopic (exact) mass is 361 g/mol. The average molecular weight is 361 g/mol. The summed E-state index contributed by atoms with van der Waals surface area (Å²) in [6, 6.07) is 11.8. The standard InChI is InChI=1S/C18H20FN3O2S/c1-11(2)12-4-7-14(8-5-12)20-18(25)22-21-17(23)13-6-9-16(24-3)15(19)10-13/h4-11H,1-3H3,(H,21,23)(H2,20,22,25). The van der Waals surface area contributed by atoms with Crippen LogP contribution in [0.15, 0.2) is 42.5 Å². The van der Waals surface area contributed by atoms with Crippen LogP contribution >= 0.6 is 12.2 Å². The molecule has 2 rings (SSSR count). The second kappa shape index (κ2) is 8.43. The first-order chi connectivity index (χ1) is 11.9. The molecule has 3 N–H and O–H groups in total. The summed E-state index contributed by atoms with van der Waals surface area (Å²) in [6.45, 7) is 4.23. The van der Waals surface area contributed by atoms with Crippen molar-refractivity contribution in [1.29, 1.82) is 0 Å². The highest BCUT2D eigenvalue weighted by Gasteiger charge is 2.10. The Labute approximate surface area is 151 Å². The first kappa shape index (κ1) is 18.7. The fourth-order valence-electron chi connectivity index (χ4n) is 2.11. The molecular formula is C18H20FN3O2S.